The van der Waals surface area contributed by atoms with Crippen molar-refractivity contribution in [3.05, 3.63) is 0 Å². The van der Waals surface area contributed by atoms with Crippen molar-refractivity contribution in [2.45, 2.75) is 4.95 Å². The minimum atomic E-state index is -0.405. The Hall–Kier alpha value is -1.04. The molecular formula is C5H3BrN4O. The number of carbonyl (C=O) groups is 1. The van der Waals surface area contributed by atoms with Crippen LogP contribution in [-0.4, -0.2) is 28.9 Å². The van der Waals surface area contributed by atoms with E-state index in [-0.39, 0.29) is 4.95 Å². The molecule has 0 aromatic heterocycles. The molecule has 6 heteroatoms. The van der Waals surface area contributed by atoms with Crippen molar-refractivity contribution in [1.82, 2.24) is 5.32 Å². The predicted octanol–water partition coefficient (Wildman–Crippen LogP) is 0.312. The smallest absolute Gasteiger partial charge is 0.287 e. The molecule has 0 fully saturated rings. The number of hydrogen-bond donors (Lipinski definition) is 1. The van der Waals surface area contributed by atoms with Gasteiger partial charge in [0.1, 0.15) is 4.95 Å². The van der Waals surface area contributed by atoms with Crippen molar-refractivity contribution in [1.29, 1.82) is 0 Å². The largest absolute Gasteiger partial charge is 0.348 e. The van der Waals surface area contributed by atoms with Crippen molar-refractivity contribution in [3.8, 4) is 0 Å². The number of nitrogens with one attached hydrogen (secondary N) is 1. The average Bonchev–Trinajstić information content (AvgIpc) is 2.27. The van der Waals surface area contributed by atoms with Gasteiger partial charge in [-0.15, -0.1) is 0 Å². The molecule has 11 heavy (non-hydrogen) atoms. The predicted molar refractivity (Wildman–Crippen MR) is 44.6 cm³/mol. The molecule has 56 valence electrons. The number of hydrogen-bond acceptors (Lipinski definition) is 3. The molecule has 1 unspecified atom stereocenters. The summed E-state index contributed by atoms with van der Waals surface area (Å²) in [6.45, 7) is 0. The van der Waals surface area contributed by atoms with E-state index < -0.39 is 6.03 Å². The minimum absolute atomic E-state index is 0.158. The Morgan fingerprint density at radius 2 is 2.45 bits per heavy atom. The molecule has 0 aromatic rings. The molecule has 1 N–H and O–H groups in total. The molecule has 1 atom stereocenters. The molecule has 2 amide bonds. The van der Waals surface area contributed by atoms with E-state index in [2.05, 4.69) is 36.2 Å². The quantitative estimate of drug-likeness (QED) is 0.458. The lowest BCUT2D eigenvalue weighted by Gasteiger charge is -2.04. The molecule has 2 aliphatic heterocycles. The van der Waals surface area contributed by atoms with Crippen molar-refractivity contribution in [3.63, 3.8) is 0 Å². The van der Waals surface area contributed by atoms with E-state index in [1.54, 1.807) is 6.21 Å². The zero-order valence-corrected chi connectivity index (χ0v) is 6.87. The van der Waals surface area contributed by atoms with Crippen molar-refractivity contribution in [2.24, 2.45) is 15.0 Å². The second kappa shape index (κ2) is 2.23. The third-order valence-corrected chi connectivity index (χ3v) is 1.66. The third-order valence-electron chi connectivity index (χ3n) is 1.22. The number of nitrogens with zero attached hydrogens (tertiary/aromatic N) is 3. The summed E-state index contributed by atoms with van der Waals surface area (Å²) in [6.07, 6.45) is 1.57. The molecule has 2 heterocycles. The number of aliphatic imine (C=N–C) groups is 3. The van der Waals surface area contributed by atoms with Crippen LogP contribution in [-0.2, 0) is 0 Å². The molecule has 0 spiro atoms. The summed E-state index contributed by atoms with van der Waals surface area (Å²) in [5, 5.41) is 2.45. The number of rotatable bonds is 0. The van der Waals surface area contributed by atoms with E-state index in [0.29, 0.717) is 11.7 Å². The fraction of sp³-hybridized carbons (Fsp3) is 0.200. The molecular weight excluding hydrogens is 212 g/mol. The highest BCUT2D eigenvalue weighted by Gasteiger charge is 2.23. The standard InChI is InChI=1S/C5H3BrN4O/c6-2-1-7-3-4(8-2)10-5(11)9-3/h1-2H,(H,8,10,11). The summed E-state index contributed by atoms with van der Waals surface area (Å²) in [7, 11) is 0. The van der Waals surface area contributed by atoms with Crippen LogP contribution in [0.25, 0.3) is 0 Å². The first-order valence-corrected chi connectivity index (χ1v) is 3.83. The van der Waals surface area contributed by atoms with Crippen LogP contribution in [0.1, 0.15) is 0 Å². The van der Waals surface area contributed by atoms with Gasteiger partial charge in [-0.25, -0.2) is 14.8 Å². The molecule has 0 aromatic carbocycles. The highest BCUT2D eigenvalue weighted by molar-refractivity contribution is 9.09. The third kappa shape index (κ3) is 1.09. The van der Waals surface area contributed by atoms with E-state index in [1.165, 1.54) is 0 Å². The second-order valence-corrected chi connectivity index (χ2v) is 2.93. The Labute approximate surface area is 70.5 Å². The average molecular weight is 215 g/mol. The molecule has 5 nitrogen and oxygen atoms in total. The summed E-state index contributed by atoms with van der Waals surface area (Å²) in [4.78, 5) is 22.0. The number of fused-ring (bicyclic) bond motifs is 1. The van der Waals surface area contributed by atoms with Gasteiger partial charge in [-0.3, -0.25) is 5.32 Å². The van der Waals surface area contributed by atoms with E-state index >= 15 is 0 Å². The molecule has 2 aliphatic rings. The van der Waals surface area contributed by atoms with Crippen molar-refractivity contribution in [2.75, 3.05) is 0 Å². The molecule has 0 bridgehead atoms. The number of amidine groups is 2. The molecule has 2 rings (SSSR count). The van der Waals surface area contributed by atoms with Crippen LogP contribution in [0.15, 0.2) is 15.0 Å². The number of amides is 2. The molecule has 0 saturated heterocycles. The van der Waals surface area contributed by atoms with Gasteiger partial charge in [0.25, 0.3) is 0 Å². The molecule has 0 radical (unpaired) electrons. The monoisotopic (exact) mass is 214 g/mol. The van der Waals surface area contributed by atoms with Crippen LogP contribution in [0.3, 0.4) is 0 Å². The van der Waals surface area contributed by atoms with Crippen LogP contribution < -0.4 is 5.32 Å². The zero-order valence-electron chi connectivity index (χ0n) is 5.28. The Morgan fingerprint density at radius 1 is 1.64 bits per heavy atom. The maximum Gasteiger partial charge on any atom is 0.348 e. The normalized spacial score (nSPS) is 27.4. The summed E-state index contributed by atoms with van der Waals surface area (Å²) in [5.41, 5.74) is 0. The van der Waals surface area contributed by atoms with Crippen LogP contribution in [0.4, 0.5) is 4.79 Å². The summed E-state index contributed by atoms with van der Waals surface area (Å²) in [6, 6.07) is -0.405. The lowest BCUT2D eigenvalue weighted by Crippen LogP contribution is -2.29. The van der Waals surface area contributed by atoms with Crippen LogP contribution in [0.5, 0.6) is 0 Å². The molecule has 0 saturated carbocycles. The maximum atomic E-state index is 10.6. The van der Waals surface area contributed by atoms with Gasteiger partial charge in [-0.2, -0.15) is 4.99 Å². The van der Waals surface area contributed by atoms with Gasteiger partial charge in [0.2, 0.25) is 0 Å². The highest BCUT2D eigenvalue weighted by atomic mass is 79.9. The highest BCUT2D eigenvalue weighted by Crippen LogP contribution is 2.07. The first-order valence-electron chi connectivity index (χ1n) is 2.92. The lowest BCUT2D eigenvalue weighted by molar-refractivity contribution is 0.254. The van der Waals surface area contributed by atoms with Crippen molar-refractivity contribution < 1.29 is 4.79 Å². The summed E-state index contributed by atoms with van der Waals surface area (Å²) < 4.78 is 0. The van der Waals surface area contributed by atoms with Crippen LogP contribution in [0.2, 0.25) is 0 Å². The van der Waals surface area contributed by atoms with Gasteiger partial charge >= 0.3 is 6.03 Å². The summed E-state index contributed by atoms with van der Waals surface area (Å²) in [5.74, 6) is 0.810. The Morgan fingerprint density at radius 3 is 3.27 bits per heavy atom. The topological polar surface area (TPSA) is 66.2 Å². The van der Waals surface area contributed by atoms with Crippen LogP contribution in [0, 0.1) is 0 Å². The first kappa shape index (κ1) is 6.66. The van der Waals surface area contributed by atoms with E-state index in [1.807, 2.05) is 0 Å². The fourth-order valence-electron chi connectivity index (χ4n) is 0.803. The van der Waals surface area contributed by atoms with Gasteiger partial charge < -0.3 is 0 Å². The van der Waals surface area contributed by atoms with E-state index in [9.17, 15) is 4.79 Å². The Kier molecular flexibility index (Phi) is 1.35. The van der Waals surface area contributed by atoms with Gasteiger partial charge in [0.15, 0.2) is 11.7 Å². The Bertz CT molecular complexity index is 306. The fourth-order valence-corrected chi connectivity index (χ4v) is 1.13. The van der Waals surface area contributed by atoms with Gasteiger partial charge in [0.05, 0.1) is 0 Å². The summed E-state index contributed by atoms with van der Waals surface area (Å²) >= 11 is 3.20. The number of halogens is 1. The number of carbonyl (C=O) groups excluding carboxylic acids is 1. The van der Waals surface area contributed by atoms with E-state index in [0.717, 1.165) is 0 Å². The van der Waals surface area contributed by atoms with E-state index in [4.69, 9.17) is 0 Å². The van der Waals surface area contributed by atoms with Gasteiger partial charge in [-0.1, -0.05) is 15.9 Å². The lowest BCUT2D eigenvalue weighted by atomic mass is 10.5. The maximum absolute atomic E-state index is 10.6. The zero-order chi connectivity index (χ0) is 7.84. The van der Waals surface area contributed by atoms with Crippen LogP contribution >= 0.6 is 15.9 Å². The van der Waals surface area contributed by atoms with Gasteiger partial charge in [0, 0.05) is 6.21 Å². The number of urea groups is 1. The SMILES string of the molecule is O=C1N=C2N=CC(Br)N=C2N1. The minimum Gasteiger partial charge on any atom is -0.287 e. The second-order valence-electron chi connectivity index (χ2n) is 1.99. The van der Waals surface area contributed by atoms with Gasteiger partial charge in [-0.05, 0) is 0 Å². The first-order chi connectivity index (χ1) is 5.25. The Balaban J connectivity index is 2.39. The van der Waals surface area contributed by atoms with Crippen molar-refractivity contribution >= 4 is 39.8 Å². The molecule has 0 aliphatic carbocycles. The number of alkyl halides is 1.